The van der Waals surface area contributed by atoms with E-state index in [4.69, 9.17) is 16.6 Å². The number of H-pyrrole nitrogens is 1. The van der Waals surface area contributed by atoms with Crippen LogP contribution in [0.4, 0.5) is 0 Å². The van der Waals surface area contributed by atoms with Gasteiger partial charge in [0.05, 0.1) is 16.9 Å². The number of nitrogens with one attached hydrogen (secondary N) is 1. The molecule has 112 valence electrons. The van der Waals surface area contributed by atoms with Crippen LogP contribution in [0.15, 0.2) is 18.2 Å². The second kappa shape index (κ2) is 4.32. The summed E-state index contributed by atoms with van der Waals surface area (Å²) in [4.78, 5) is 20.9. The minimum atomic E-state index is -0.0268. The van der Waals surface area contributed by atoms with E-state index in [-0.39, 0.29) is 11.2 Å². The first-order valence-electron chi connectivity index (χ1n) is 7.49. The Kier molecular flexibility index (Phi) is 2.71. The fraction of sp³-hybridized carbons (Fsp3) is 0.333. The van der Waals surface area contributed by atoms with Crippen LogP contribution in [0, 0.1) is 12.3 Å². The molecule has 0 aliphatic heterocycles. The van der Waals surface area contributed by atoms with Gasteiger partial charge in [-0.1, -0.05) is 25.4 Å². The Labute approximate surface area is 133 Å². The molecule has 1 aliphatic rings. The van der Waals surface area contributed by atoms with Crippen LogP contribution in [0.2, 0.25) is 5.02 Å². The molecule has 2 aromatic heterocycles. The van der Waals surface area contributed by atoms with E-state index in [0.29, 0.717) is 11.4 Å². The van der Waals surface area contributed by atoms with E-state index in [0.717, 1.165) is 45.2 Å². The Morgan fingerprint density at radius 3 is 2.82 bits per heavy atom. The average molecular weight is 313 g/mol. The molecule has 2 heterocycles. The van der Waals surface area contributed by atoms with Gasteiger partial charge in [0.15, 0.2) is 5.78 Å². The number of aromatic amines is 1. The lowest BCUT2D eigenvalue weighted by Crippen LogP contribution is -2.28. The second-order valence-electron chi connectivity index (χ2n) is 7.02. The first-order valence-corrected chi connectivity index (χ1v) is 7.87. The van der Waals surface area contributed by atoms with Crippen LogP contribution in [0.3, 0.4) is 0 Å². The number of pyridine rings is 1. The third-order valence-corrected chi connectivity index (χ3v) is 4.76. The highest BCUT2D eigenvalue weighted by molar-refractivity contribution is 6.32. The molecule has 1 N–H and O–H groups in total. The Morgan fingerprint density at radius 1 is 1.27 bits per heavy atom. The highest BCUT2D eigenvalue weighted by atomic mass is 35.5. The third kappa shape index (κ3) is 1.88. The van der Waals surface area contributed by atoms with E-state index in [9.17, 15) is 4.79 Å². The van der Waals surface area contributed by atoms with Crippen LogP contribution >= 0.6 is 11.6 Å². The molecular weight excluding hydrogens is 296 g/mol. The van der Waals surface area contributed by atoms with Gasteiger partial charge in [0.2, 0.25) is 0 Å². The lowest BCUT2D eigenvalue weighted by Gasteiger charge is -2.30. The molecule has 1 aliphatic carbocycles. The number of nitrogens with zero attached hydrogens (tertiary/aromatic N) is 1. The van der Waals surface area contributed by atoms with Gasteiger partial charge < -0.3 is 4.98 Å². The summed E-state index contributed by atoms with van der Waals surface area (Å²) in [5.41, 5.74) is 4.56. The first kappa shape index (κ1) is 13.8. The van der Waals surface area contributed by atoms with Crippen molar-refractivity contribution < 1.29 is 4.79 Å². The average Bonchev–Trinajstić information content (AvgIpc) is 2.76. The molecule has 0 atom stereocenters. The highest BCUT2D eigenvalue weighted by Gasteiger charge is 2.34. The number of hydrogen-bond acceptors (Lipinski definition) is 2. The lowest BCUT2D eigenvalue weighted by atomic mass is 9.74. The number of aromatic nitrogens is 2. The van der Waals surface area contributed by atoms with E-state index in [1.807, 2.05) is 25.1 Å². The quantitative estimate of drug-likeness (QED) is 0.646. The zero-order valence-corrected chi connectivity index (χ0v) is 13.6. The highest BCUT2D eigenvalue weighted by Crippen LogP contribution is 2.40. The number of fused-ring (bicyclic) bond motifs is 5. The summed E-state index contributed by atoms with van der Waals surface area (Å²) in [6.07, 6.45) is 1.39. The minimum Gasteiger partial charge on any atom is -0.353 e. The number of ketones is 1. The van der Waals surface area contributed by atoms with E-state index in [1.165, 1.54) is 0 Å². The summed E-state index contributed by atoms with van der Waals surface area (Å²) < 4.78 is 0. The Hall–Kier alpha value is -1.87. The van der Waals surface area contributed by atoms with Crippen molar-refractivity contribution >= 4 is 39.2 Å². The normalized spacial score (nSPS) is 17.2. The van der Waals surface area contributed by atoms with Crippen molar-refractivity contribution in [2.45, 2.75) is 33.6 Å². The van der Waals surface area contributed by atoms with Gasteiger partial charge in [-0.25, -0.2) is 0 Å². The van der Waals surface area contributed by atoms with Gasteiger partial charge in [0.25, 0.3) is 0 Å². The summed E-state index contributed by atoms with van der Waals surface area (Å²) in [7, 11) is 0. The first-order chi connectivity index (χ1) is 10.4. The number of aryl methyl sites for hydroxylation is 1. The molecule has 4 rings (SSSR count). The zero-order chi connectivity index (χ0) is 15.6. The summed E-state index contributed by atoms with van der Waals surface area (Å²) in [5.74, 6) is 0.185. The van der Waals surface area contributed by atoms with Crippen molar-refractivity contribution in [3.8, 4) is 0 Å². The fourth-order valence-electron chi connectivity index (χ4n) is 3.62. The van der Waals surface area contributed by atoms with Crippen molar-refractivity contribution in [1.82, 2.24) is 9.97 Å². The number of halogens is 1. The van der Waals surface area contributed by atoms with E-state index in [2.05, 4.69) is 18.8 Å². The molecule has 0 spiro atoms. The second-order valence-corrected chi connectivity index (χ2v) is 7.46. The molecule has 4 heteroatoms. The van der Waals surface area contributed by atoms with Gasteiger partial charge >= 0.3 is 0 Å². The van der Waals surface area contributed by atoms with E-state index < -0.39 is 0 Å². The number of hydrogen-bond donors (Lipinski definition) is 1. The van der Waals surface area contributed by atoms with E-state index >= 15 is 0 Å². The molecule has 0 bridgehead atoms. The molecule has 0 radical (unpaired) electrons. The number of rotatable bonds is 0. The maximum absolute atomic E-state index is 12.8. The van der Waals surface area contributed by atoms with Crippen molar-refractivity contribution in [3.05, 3.63) is 40.2 Å². The monoisotopic (exact) mass is 312 g/mol. The number of carbonyl (C=O) groups is 1. The number of Topliss-reactive ketones (excluding diaryl/α,β-unsaturated/α-hetero) is 1. The molecule has 0 saturated carbocycles. The summed E-state index contributed by atoms with van der Waals surface area (Å²) >= 11 is 6.17. The SMILES string of the molecule is Cc1nc2c(c3c1[nH]c1ccc(Cl)cc13)C(=O)CC(C)(C)C2. The fourth-order valence-corrected chi connectivity index (χ4v) is 3.79. The lowest BCUT2D eigenvalue weighted by molar-refractivity contribution is 0.0912. The summed E-state index contributed by atoms with van der Waals surface area (Å²) in [6.45, 7) is 6.24. The Morgan fingerprint density at radius 2 is 2.05 bits per heavy atom. The van der Waals surface area contributed by atoms with Gasteiger partial charge in [0.1, 0.15) is 0 Å². The standard InChI is InChI=1S/C18H17ClN2O/c1-9-17-15(11-6-10(19)4-5-12(11)21-17)16-13(20-9)7-18(2,3)8-14(16)22/h4-6,21H,7-8H2,1-3H3. The number of benzene rings is 1. The van der Waals surface area contributed by atoms with Gasteiger partial charge in [-0.05, 0) is 37.0 Å². The summed E-state index contributed by atoms with van der Waals surface area (Å²) in [5, 5.41) is 2.68. The van der Waals surface area contributed by atoms with Gasteiger partial charge in [-0.15, -0.1) is 0 Å². The predicted octanol–water partition coefficient (Wildman–Crippen LogP) is 4.83. The van der Waals surface area contributed by atoms with Gasteiger partial charge in [-0.2, -0.15) is 0 Å². The topological polar surface area (TPSA) is 45.8 Å². The van der Waals surface area contributed by atoms with Crippen LogP contribution in [0.25, 0.3) is 21.8 Å². The van der Waals surface area contributed by atoms with Gasteiger partial charge in [0, 0.05) is 33.3 Å². The van der Waals surface area contributed by atoms with E-state index in [1.54, 1.807) is 0 Å². The van der Waals surface area contributed by atoms with Crippen LogP contribution < -0.4 is 0 Å². The Balaban J connectivity index is 2.18. The molecular formula is C18H17ClN2O. The minimum absolute atomic E-state index is 0.0268. The molecule has 22 heavy (non-hydrogen) atoms. The summed E-state index contributed by atoms with van der Waals surface area (Å²) in [6, 6.07) is 5.75. The maximum atomic E-state index is 12.8. The predicted molar refractivity (Wildman–Crippen MR) is 89.8 cm³/mol. The van der Waals surface area contributed by atoms with Crippen molar-refractivity contribution in [3.63, 3.8) is 0 Å². The van der Waals surface area contributed by atoms with Crippen molar-refractivity contribution in [2.75, 3.05) is 0 Å². The third-order valence-electron chi connectivity index (χ3n) is 4.53. The zero-order valence-electron chi connectivity index (χ0n) is 12.9. The molecule has 0 saturated heterocycles. The van der Waals surface area contributed by atoms with Gasteiger partial charge in [-0.3, -0.25) is 9.78 Å². The molecule has 1 aromatic carbocycles. The molecule has 0 amide bonds. The van der Waals surface area contributed by atoms with Crippen LogP contribution in [0.1, 0.15) is 42.0 Å². The Bertz CT molecular complexity index is 953. The van der Waals surface area contributed by atoms with Crippen LogP contribution in [0.5, 0.6) is 0 Å². The van der Waals surface area contributed by atoms with Crippen molar-refractivity contribution in [2.24, 2.45) is 5.41 Å². The van der Waals surface area contributed by atoms with Crippen LogP contribution in [-0.2, 0) is 6.42 Å². The van der Waals surface area contributed by atoms with Crippen LogP contribution in [-0.4, -0.2) is 15.8 Å². The molecule has 3 nitrogen and oxygen atoms in total. The molecule has 0 fully saturated rings. The maximum Gasteiger partial charge on any atom is 0.165 e. The molecule has 3 aromatic rings. The van der Waals surface area contributed by atoms with Crippen molar-refractivity contribution in [1.29, 1.82) is 0 Å². The largest absolute Gasteiger partial charge is 0.353 e. The number of carbonyl (C=O) groups excluding carboxylic acids is 1. The molecule has 0 unspecified atom stereocenters. The smallest absolute Gasteiger partial charge is 0.165 e.